The Morgan fingerprint density at radius 3 is 2.33 bits per heavy atom. The molecular formula is C23H33F2NO4. The normalized spacial score (nSPS) is 21.5. The summed E-state index contributed by atoms with van der Waals surface area (Å²) < 4.78 is 34.5. The van der Waals surface area contributed by atoms with E-state index in [9.17, 15) is 18.4 Å². The number of allylic oxidation sites excluding steroid dienone is 1. The van der Waals surface area contributed by atoms with Crippen molar-refractivity contribution in [2.24, 2.45) is 11.3 Å². The van der Waals surface area contributed by atoms with Crippen molar-refractivity contribution in [3.05, 3.63) is 47.5 Å². The van der Waals surface area contributed by atoms with Crippen LogP contribution >= 0.6 is 0 Å². The van der Waals surface area contributed by atoms with Gasteiger partial charge in [0.1, 0.15) is 6.67 Å². The number of likely N-dealkylation sites (tertiary alicyclic amines) is 1. The second kappa shape index (κ2) is 13.1. The summed E-state index contributed by atoms with van der Waals surface area (Å²) in [5, 5.41) is 0. The van der Waals surface area contributed by atoms with Crippen molar-refractivity contribution < 1.29 is 27.8 Å². The first-order chi connectivity index (χ1) is 14.3. The monoisotopic (exact) mass is 425 g/mol. The Kier molecular flexibility index (Phi) is 11.3. The molecule has 0 aromatic heterocycles. The highest BCUT2D eigenvalue weighted by atomic mass is 19.1. The Hall–Kier alpha value is -2.28. The van der Waals surface area contributed by atoms with Crippen LogP contribution in [0.2, 0.25) is 0 Å². The van der Waals surface area contributed by atoms with Crippen LogP contribution in [-0.4, -0.2) is 56.5 Å². The molecule has 1 fully saturated rings. The maximum Gasteiger partial charge on any atom is 0.333 e. The summed E-state index contributed by atoms with van der Waals surface area (Å²) in [5.74, 6) is -1.01. The summed E-state index contributed by atoms with van der Waals surface area (Å²) in [7, 11) is 0. The molecule has 1 aliphatic heterocycles. The average molecular weight is 426 g/mol. The molecule has 30 heavy (non-hydrogen) atoms. The summed E-state index contributed by atoms with van der Waals surface area (Å²) in [6, 6.07) is 10.0. The number of carbonyl (C=O) groups excluding carboxylic acids is 2. The number of ether oxygens (including phenoxy) is 2. The molecule has 1 saturated heterocycles. The van der Waals surface area contributed by atoms with Gasteiger partial charge < -0.3 is 9.47 Å². The van der Waals surface area contributed by atoms with Crippen LogP contribution in [0.3, 0.4) is 0 Å². The van der Waals surface area contributed by atoms with E-state index in [0.29, 0.717) is 31.9 Å². The minimum atomic E-state index is -0.737. The molecule has 0 bridgehead atoms. The highest BCUT2D eigenvalue weighted by Gasteiger charge is 2.49. The maximum atomic E-state index is 13.3. The van der Waals surface area contributed by atoms with E-state index >= 15 is 0 Å². The fourth-order valence-corrected chi connectivity index (χ4v) is 3.32. The van der Waals surface area contributed by atoms with Gasteiger partial charge in [-0.1, -0.05) is 30.3 Å². The number of hydrogen-bond acceptors (Lipinski definition) is 5. The van der Waals surface area contributed by atoms with E-state index in [2.05, 4.69) is 9.64 Å². The van der Waals surface area contributed by atoms with Crippen molar-refractivity contribution in [2.75, 3.05) is 39.7 Å². The second-order valence-electron chi connectivity index (χ2n) is 7.41. The molecule has 0 aliphatic carbocycles. The first kappa shape index (κ1) is 25.8. The first-order valence-electron chi connectivity index (χ1n) is 10.2. The van der Waals surface area contributed by atoms with E-state index < -0.39 is 24.7 Å². The van der Waals surface area contributed by atoms with Crippen LogP contribution in [0, 0.1) is 11.3 Å². The first-order valence-corrected chi connectivity index (χ1v) is 10.2. The van der Waals surface area contributed by atoms with Crippen LogP contribution in [0.1, 0.15) is 33.3 Å². The fraction of sp³-hybridized carbons (Fsp3) is 0.565. The number of benzene rings is 1. The summed E-state index contributed by atoms with van der Waals surface area (Å²) in [5.41, 5.74) is 0.766. The van der Waals surface area contributed by atoms with Gasteiger partial charge in [0.15, 0.2) is 0 Å². The third kappa shape index (κ3) is 7.52. The van der Waals surface area contributed by atoms with Crippen LogP contribution in [0.5, 0.6) is 0 Å². The zero-order valence-electron chi connectivity index (χ0n) is 18.3. The fourth-order valence-electron chi connectivity index (χ4n) is 3.32. The second-order valence-corrected chi connectivity index (χ2v) is 7.41. The molecule has 5 nitrogen and oxygen atoms in total. The van der Waals surface area contributed by atoms with Crippen molar-refractivity contribution >= 4 is 11.9 Å². The Bertz CT molecular complexity index is 696. The number of carbonyl (C=O) groups is 2. The number of rotatable bonds is 8. The molecule has 168 valence electrons. The van der Waals surface area contributed by atoms with Crippen LogP contribution < -0.4 is 0 Å². The molecule has 1 aliphatic rings. The molecule has 1 aromatic carbocycles. The van der Waals surface area contributed by atoms with Gasteiger partial charge >= 0.3 is 11.9 Å². The highest BCUT2D eigenvalue weighted by molar-refractivity contribution is 5.87. The molecule has 0 radical (unpaired) electrons. The largest absolute Gasteiger partial charge is 0.466 e. The lowest BCUT2D eigenvalue weighted by Gasteiger charge is -2.26. The molecule has 2 atom stereocenters. The summed E-state index contributed by atoms with van der Waals surface area (Å²) in [6.07, 6.45) is 1.19. The van der Waals surface area contributed by atoms with Crippen LogP contribution in [0.25, 0.3) is 0 Å². The zero-order valence-corrected chi connectivity index (χ0v) is 18.3. The van der Waals surface area contributed by atoms with Crippen molar-refractivity contribution in [1.82, 2.24) is 4.90 Å². The van der Waals surface area contributed by atoms with Gasteiger partial charge in [-0.25, -0.2) is 9.18 Å². The standard InChI is InChI=1S/C16H22FNO2.C7H11FO2/c1-3-20-15(19)16(2)12-18(11-14(16)9-17)10-13-7-5-4-6-8-13;1-3-10-7(9)6(2)4-5-8/h4-8,14H,3,9-12H2,1-2H3;4H,3,5H2,1-2H3/b;6-4+/t14-,16-;/m1./s1. The lowest BCUT2D eigenvalue weighted by atomic mass is 9.81. The molecule has 0 amide bonds. The van der Waals surface area contributed by atoms with E-state index in [1.807, 2.05) is 37.3 Å². The zero-order chi connectivity index (χ0) is 22.6. The van der Waals surface area contributed by atoms with Gasteiger partial charge in [0, 0.05) is 31.1 Å². The van der Waals surface area contributed by atoms with Gasteiger partial charge in [0.25, 0.3) is 0 Å². The van der Waals surface area contributed by atoms with Crippen molar-refractivity contribution in [1.29, 1.82) is 0 Å². The molecule has 1 heterocycles. The molecule has 0 unspecified atom stereocenters. The molecule has 0 saturated carbocycles. The number of esters is 2. The quantitative estimate of drug-likeness (QED) is 0.463. The van der Waals surface area contributed by atoms with E-state index in [1.54, 1.807) is 13.8 Å². The van der Waals surface area contributed by atoms with Gasteiger partial charge in [0.05, 0.1) is 25.3 Å². The summed E-state index contributed by atoms with van der Waals surface area (Å²) in [6.45, 7) is 8.29. The number of nitrogens with zero attached hydrogens (tertiary/aromatic N) is 1. The molecule has 0 spiro atoms. The number of halogens is 2. The van der Waals surface area contributed by atoms with Gasteiger partial charge in [-0.2, -0.15) is 0 Å². The van der Waals surface area contributed by atoms with E-state index in [4.69, 9.17) is 4.74 Å². The predicted molar refractivity (Wildman–Crippen MR) is 112 cm³/mol. The third-order valence-electron chi connectivity index (χ3n) is 5.09. The highest BCUT2D eigenvalue weighted by Crippen LogP contribution is 2.38. The molecule has 7 heteroatoms. The van der Waals surface area contributed by atoms with Crippen LogP contribution in [0.15, 0.2) is 42.0 Å². The Morgan fingerprint density at radius 1 is 1.17 bits per heavy atom. The third-order valence-corrected chi connectivity index (χ3v) is 5.09. The van der Waals surface area contributed by atoms with Gasteiger partial charge in [-0.15, -0.1) is 0 Å². The van der Waals surface area contributed by atoms with Crippen molar-refractivity contribution in [3.63, 3.8) is 0 Å². The SMILES string of the molecule is CCOC(=O)/C(C)=C/CF.CCOC(=O)[C@]1(C)CN(Cc2ccccc2)C[C@H]1CF. The average Bonchev–Trinajstić information content (AvgIpc) is 3.06. The molecule has 2 rings (SSSR count). The van der Waals surface area contributed by atoms with E-state index in [0.717, 1.165) is 6.54 Å². The summed E-state index contributed by atoms with van der Waals surface area (Å²) >= 11 is 0. The van der Waals surface area contributed by atoms with E-state index in [1.165, 1.54) is 18.6 Å². The minimum Gasteiger partial charge on any atom is -0.466 e. The van der Waals surface area contributed by atoms with Crippen LogP contribution in [-0.2, 0) is 25.6 Å². The topological polar surface area (TPSA) is 55.8 Å². The smallest absolute Gasteiger partial charge is 0.333 e. The Balaban J connectivity index is 0.000000382. The van der Waals surface area contributed by atoms with Gasteiger partial charge in [0.2, 0.25) is 0 Å². The van der Waals surface area contributed by atoms with Gasteiger partial charge in [-0.05, 0) is 39.3 Å². The summed E-state index contributed by atoms with van der Waals surface area (Å²) in [4.78, 5) is 24.9. The Morgan fingerprint density at radius 2 is 1.80 bits per heavy atom. The van der Waals surface area contributed by atoms with Gasteiger partial charge in [-0.3, -0.25) is 14.1 Å². The predicted octanol–water partition coefficient (Wildman–Crippen LogP) is 4.12. The van der Waals surface area contributed by atoms with Crippen molar-refractivity contribution in [3.8, 4) is 0 Å². The van der Waals surface area contributed by atoms with E-state index in [-0.39, 0.29) is 11.9 Å². The Labute approximate surface area is 178 Å². The lowest BCUT2D eigenvalue weighted by molar-refractivity contribution is -0.156. The molecule has 1 aromatic rings. The van der Waals surface area contributed by atoms with Crippen LogP contribution in [0.4, 0.5) is 8.78 Å². The van der Waals surface area contributed by atoms with Crippen molar-refractivity contribution in [2.45, 2.75) is 34.2 Å². The maximum absolute atomic E-state index is 13.3. The number of alkyl halides is 2. The lowest BCUT2D eigenvalue weighted by Crippen LogP contribution is -2.38. The molecule has 0 N–H and O–H groups in total. The number of hydrogen-bond donors (Lipinski definition) is 0. The molecular weight excluding hydrogens is 392 g/mol. The minimum absolute atomic E-state index is 0.279.